The maximum Gasteiger partial charge on any atom is 0.126 e. The quantitative estimate of drug-likeness (QED) is 0.916. The van der Waals surface area contributed by atoms with Gasteiger partial charge in [-0.2, -0.15) is 0 Å². The van der Waals surface area contributed by atoms with Crippen LogP contribution in [0.3, 0.4) is 0 Å². The summed E-state index contributed by atoms with van der Waals surface area (Å²) in [5, 5.41) is 0.747. The van der Waals surface area contributed by atoms with Gasteiger partial charge in [0.25, 0.3) is 0 Å². The number of aryl methyl sites for hydroxylation is 2. The number of thiazole rings is 1. The molecule has 1 aliphatic carbocycles. The Kier molecular flexibility index (Phi) is 3.33. The zero-order chi connectivity index (χ0) is 13.4. The van der Waals surface area contributed by atoms with E-state index in [2.05, 4.69) is 4.98 Å². The smallest absolute Gasteiger partial charge is 0.126 e. The van der Waals surface area contributed by atoms with Crippen LogP contribution in [0.2, 0.25) is 0 Å². The van der Waals surface area contributed by atoms with Crippen molar-refractivity contribution in [3.05, 3.63) is 51.0 Å². The summed E-state index contributed by atoms with van der Waals surface area (Å²) in [6.45, 7) is 0. The van der Waals surface area contributed by atoms with Gasteiger partial charge in [-0.15, -0.1) is 11.3 Å². The monoisotopic (exact) mass is 280 g/mol. The molecule has 1 heterocycles. The largest absolute Gasteiger partial charge is 0.318 e. The van der Waals surface area contributed by atoms with Crippen molar-refractivity contribution in [3.8, 4) is 0 Å². The molecule has 0 fully saturated rings. The van der Waals surface area contributed by atoms with Gasteiger partial charge in [-0.05, 0) is 43.4 Å². The number of hydrogen-bond donors (Lipinski definition) is 1. The van der Waals surface area contributed by atoms with Gasteiger partial charge in [0.05, 0.1) is 11.7 Å². The van der Waals surface area contributed by atoms with Crippen molar-refractivity contribution in [1.29, 1.82) is 0 Å². The first-order valence-corrected chi connectivity index (χ1v) is 7.15. The van der Waals surface area contributed by atoms with Gasteiger partial charge >= 0.3 is 0 Å². The van der Waals surface area contributed by atoms with Crippen LogP contribution in [0.1, 0.15) is 40.0 Å². The van der Waals surface area contributed by atoms with Gasteiger partial charge in [0, 0.05) is 10.9 Å². The van der Waals surface area contributed by atoms with Crippen LogP contribution in [-0.2, 0) is 12.8 Å². The molecule has 5 heteroatoms. The third-order valence-corrected chi connectivity index (χ3v) is 4.61. The van der Waals surface area contributed by atoms with Crippen molar-refractivity contribution < 1.29 is 8.78 Å². The first-order valence-electron chi connectivity index (χ1n) is 6.33. The molecule has 1 aromatic carbocycles. The molecule has 0 bridgehead atoms. The summed E-state index contributed by atoms with van der Waals surface area (Å²) in [4.78, 5) is 5.81. The summed E-state index contributed by atoms with van der Waals surface area (Å²) < 4.78 is 26.4. The summed E-state index contributed by atoms with van der Waals surface area (Å²) in [5.41, 5.74) is 7.62. The summed E-state index contributed by atoms with van der Waals surface area (Å²) in [7, 11) is 0. The van der Waals surface area contributed by atoms with Gasteiger partial charge in [0.15, 0.2) is 0 Å². The molecule has 0 amide bonds. The number of nitrogens with zero attached hydrogens (tertiary/aromatic N) is 1. The highest BCUT2D eigenvalue weighted by molar-refractivity contribution is 7.11. The van der Waals surface area contributed by atoms with Crippen LogP contribution < -0.4 is 5.73 Å². The number of rotatable bonds is 2. The summed E-state index contributed by atoms with van der Waals surface area (Å²) >= 11 is 1.57. The minimum atomic E-state index is -0.605. The predicted octanol–water partition coefficient (Wildman–Crippen LogP) is 3.35. The van der Waals surface area contributed by atoms with Crippen LogP contribution in [0.4, 0.5) is 8.78 Å². The van der Waals surface area contributed by atoms with E-state index in [1.807, 2.05) is 0 Å². The molecule has 1 aliphatic rings. The number of fused-ring (bicyclic) bond motifs is 1. The molecule has 1 atom stereocenters. The van der Waals surface area contributed by atoms with Crippen LogP contribution in [-0.4, -0.2) is 4.98 Å². The molecule has 1 unspecified atom stereocenters. The number of nitrogens with two attached hydrogens (primary N) is 1. The molecule has 2 nitrogen and oxygen atoms in total. The molecule has 0 radical (unpaired) electrons. The summed E-state index contributed by atoms with van der Waals surface area (Å²) in [5.74, 6) is -1.21. The van der Waals surface area contributed by atoms with Crippen LogP contribution in [0, 0.1) is 11.6 Å². The summed E-state index contributed by atoms with van der Waals surface area (Å²) in [6, 6.07) is 2.84. The molecular weight excluding hydrogens is 266 g/mol. The Morgan fingerprint density at radius 1 is 1.11 bits per heavy atom. The Labute approximate surface area is 114 Å². The fraction of sp³-hybridized carbons (Fsp3) is 0.357. The average Bonchev–Trinajstić information content (AvgIpc) is 2.80. The molecule has 0 spiro atoms. The van der Waals surface area contributed by atoms with Crippen LogP contribution in [0.5, 0.6) is 0 Å². The summed E-state index contributed by atoms with van der Waals surface area (Å²) in [6.07, 6.45) is 4.35. The minimum Gasteiger partial charge on any atom is -0.318 e. The van der Waals surface area contributed by atoms with E-state index in [0.717, 1.165) is 36.0 Å². The highest BCUT2D eigenvalue weighted by atomic mass is 32.1. The molecular formula is C14H14F2N2S. The van der Waals surface area contributed by atoms with Crippen molar-refractivity contribution >= 4 is 11.3 Å². The molecule has 2 N–H and O–H groups in total. The van der Waals surface area contributed by atoms with E-state index >= 15 is 0 Å². The highest BCUT2D eigenvalue weighted by Crippen LogP contribution is 2.31. The lowest BCUT2D eigenvalue weighted by molar-refractivity contribution is 0.577. The third kappa shape index (κ3) is 2.53. The van der Waals surface area contributed by atoms with Crippen LogP contribution in [0.15, 0.2) is 18.2 Å². The Bertz CT molecular complexity index is 566. The zero-order valence-corrected chi connectivity index (χ0v) is 11.1. The first-order chi connectivity index (χ1) is 9.13. The normalized spacial score (nSPS) is 16.2. The van der Waals surface area contributed by atoms with Gasteiger partial charge < -0.3 is 5.73 Å². The van der Waals surface area contributed by atoms with Crippen molar-refractivity contribution in [1.82, 2.24) is 4.98 Å². The lowest BCUT2D eigenvalue weighted by Gasteiger charge is -2.09. The van der Waals surface area contributed by atoms with Crippen LogP contribution >= 0.6 is 11.3 Å². The van der Waals surface area contributed by atoms with Crippen molar-refractivity contribution in [3.63, 3.8) is 0 Å². The molecule has 3 rings (SSSR count). The van der Waals surface area contributed by atoms with Crippen molar-refractivity contribution in [2.75, 3.05) is 0 Å². The van der Waals surface area contributed by atoms with Gasteiger partial charge in [-0.3, -0.25) is 0 Å². The van der Waals surface area contributed by atoms with Gasteiger partial charge in [-0.25, -0.2) is 13.8 Å². The zero-order valence-electron chi connectivity index (χ0n) is 10.3. The average molecular weight is 280 g/mol. The molecule has 19 heavy (non-hydrogen) atoms. The topological polar surface area (TPSA) is 38.9 Å². The van der Waals surface area contributed by atoms with E-state index in [0.29, 0.717) is 5.56 Å². The molecule has 0 saturated heterocycles. The van der Waals surface area contributed by atoms with E-state index in [9.17, 15) is 8.78 Å². The maximum absolute atomic E-state index is 13.2. The Morgan fingerprint density at radius 3 is 2.47 bits per heavy atom. The lowest BCUT2D eigenvalue weighted by Crippen LogP contribution is -2.12. The second-order valence-corrected chi connectivity index (χ2v) is 5.92. The Morgan fingerprint density at radius 2 is 1.79 bits per heavy atom. The standard InChI is InChI=1S/C14H14F2N2S/c15-9-5-8(6-10(16)7-9)13(17)14-18-11-3-1-2-4-12(11)19-14/h5-7,13H,1-4,17H2. The molecule has 0 aliphatic heterocycles. The van der Waals surface area contributed by atoms with Crippen molar-refractivity contribution in [2.45, 2.75) is 31.7 Å². The van der Waals surface area contributed by atoms with Gasteiger partial charge in [-0.1, -0.05) is 0 Å². The first kappa shape index (κ1) is 12.7. The number of halogens is 2. The SMILES string of the molecule is NC(c1cc(F)cc(F)c1)c1nc2c(s1)CCCC2. The Balaban J connectivity index is 1.94. The van der Waals surface area contributed by atoms with E-state index < -0.39 is 17.7 Å². The van der Waals surface area contributed by atoms with E-state index in [1.54, 1.807) is 11.3 Å². The maximum atomic E-state index is 13.2. The van der Waals surface area contributed by atoms with E-state index in [1.165, 1.54) is 23.4 Å². The molecule has 1 aromatic heterocycles. The van der Waals surface area contributed by atoms with E-state index in [-0.39, 0.29) is 0 Å². The van der Waals surface area contributed by atoms with Crippen LogP contribution in [0.25, 0.3) is 0 Å². The Hall–Kier alpha value is -1.33. The molecule has 2 aromatic rings. The van der Waals surface area contributed by atoms with E-state index in [4.69, 9.17) is 5.73 Å². The predicted molar refractivity (Wildman–Crippen MR) is 71.1 cm³/mol. The second kappa shape index (κ2) is 4.98. The minimum absolute atomic E-state index is 0.434. The van der Waals surface area contributed by atoms with Gasteiger partial charge in [0.1, 0.15) is 16.6 Å². The van der Waals surface area contributed by atoms with Gasteiger partial charge in [0.2, 0.25) is 0 Å². The molecule has 0 saturated carbocycles. The fourth-order valence-electron chi connectivity index (χ4n) is 2.40. The second-order valence-electron chi connectivity index (χ2n) is 4.81. The number of aromatic nitrogens is 1. The highest BCUT2D eigenvalue weighted by Gasteiger charge is 2.20. The molecule has 100 valence electrons. The number of benzene rings is 1. The third-order valence-electron chi connectivity index (χ3n) is 3.37. The van der Waals surface area contributed by atoms with Crippen molar-refractivity contribution in [2.24, 2.45) is 5.73 Å². The number of hydrogen-bond acceptors (Lipinski definition) is 3. The lowest BCUT2D eigenvalue weighted by atomic mass is 10.0. The fourth-order valence-corrected chi connectivity index (χ4v) is 3.59.